The van der Waals surface area contributed by atoms with Crippen molar-refractivity contribution < 1.29 is 9.90 Å². The molecule has 3 rings (SSSR count). The van der Waals surface area contributed by atoms with Crippen LogP contribution in [0, 0.1) is 6.92 Å². The number of rotatable bonds is 5. The summed E-state index contributed by atoms with van der Waals surface area (Å²) in [5.74, 6) is -0.819. The van der Waals surface area contributed by atoms with Gasteiger partial charge in [-0.2, -0.15) is 5.10 Å². The average Bonchev–Trinajstić information content (AvgIpc) is 2.98. The number of aryl methyl sites for hydroxylation is 2. The molecular formula is C19H17ClN2O2. The fourth-order valence-corrected chi connectivity index (χ4v) is 2.64. The fraction of sp³-hybridized carbons (Fsp3) is 0.158. The summed E-state index contributed by atoms with van der Waals surface area (Å²) in [6, 6.07) is 15.4. The Kier molecular flexibility index (Phi) is 4.67. The van der Waals surface area contributed by atoms with Crippen LogP contribution in [0.15, 0.2) is 54.7 Å². The van der Waals surface area contributed by atoms with E-state index in [1.807, 2.05) is 61.7 Å². The van der Waals surface area contributed by atoms with E-state index < -0.39 is 5.97 Å². The zero-order valence-electron chi connectivity index (χ0n) is 13.2. The molecule has 0 bridgehead atoms. The quantitative estimate of drug-likeness (QED) is 0.743. The predicted molar refractivity (Wildman–Crippen MR) is 94.7 cm³/mol. The van der Waals surface area contributed by atoms with Crippen molar-refractivity contribution in [1.29, 1.82) is 0 Å². The molecule has 1 aromatic heterocycles. The average molecular weight is 341 g/mol. The molecule has 0 fully saturated rings. The van der Waals surface area contributed by atoms with Crippen molar-refractivity contribution in [1.82, 2.24) is 9.78 Å². The van der Waals surface area contributed by atoms with Crippen LogP contribution in [0.3, 0.4) is 0 Å². The molecule has 0 spiro atoms. The molecule has 4 nitrogen and oxygen atoms in total. The lowest BCUT2D eigenvalue weighted by Gasteiger charge is -2.02. The maximum Gasteiger partial charge on any atom is 0.303 e. The van der Waals surface area contributed by atoms with Crippen molar-refractivity contribution >= 4 is 17.6 Å². The SMILES string of the molecule is Cc1ccc(-n2cc(CCC(=O)O)c(-c3ccc(Cl)cc3)n2)cc1. The Bertz CT molecular complexity index is 852. The number of nitrogens with zero attached hydrogens (tertiary/aromatic N) is 2. The lowest BCUT2D eigenvalue weighted by atomic mass is 10.0. The molecule has 1 heterocycles. The van der Waals surface area contributed by atoms with E-state index in [-0.39, 0.29) is 6.42 Å². The highest BCUT2D eigenvalue weighted by molar-refractivity contribution is 6.30. The first-order valence-electron chi connectivity index (χ1n) is 7.66. The Labute approximate surface area is 145 Å². The van der Waals surface area contributed by atoms with Gasteiger partial charge >= 0.3 is 5.97 Å². The second-order valence-electron chi connectivity index (χ2n) is 5.68. The Morgan fingerprint density at radius 1 is 1.12 bits per heavy atom. The van der Waals surface area contributed by atoms with Crippen LogP contribution in [0.2, 0.25) is 5.02 Å². The third kappa shape index (κ3) is 3.66. The number of carbonyl (C=O) groups is 1. The van der Waals surface area contributed by atoms with Gasteiger partial charge in [0.2, 0.25) is 0 Å². The molecule has 0 aliphatic heterocycles. The van der Waals surface area contributed by atoms with Crippen LogP contribution in [0.4, 0.5) is 0 Å². The molecule has 0 saturated heterocycles. The molecule has 1 N–H and O–H groups in total. The minimum absolute atomic E-state index is 0.0696. The topological polar surface area (TPSA) is 55.1 Å². The number of aliphatic carboxylic acids is 1. The van der Waals surface area contributed by atoms with Crippen molar-refractivity contribution in [3.63, 3.8) is 0 Å². The first-order chi connectivity index (χ1) is 11.5. The molecule has 122 valence electrons. The molecule has 5 heteroatoms. The van der Waals surface area contributed by atoms with Gasteiger partial charge in [0.25, 0.3) is 0 Å². The molecule has 0 aliphatic rings. The van der Waals surface area contributed by atoms with Gasteiger partial charge in [0, 0.05) is 23.2 Å². The first-order valence-corrected chi connectivity index (χ1v) is 8.04. The Balaban J connectivity index is 2.02. The maximum atomic E-state index is 10.9. The van der Waals surface area contributed by atoms with Crippen LogP contribution in [-0.2, 0) is 11.2 Å². The van der Waals surface area contributed by atoms with Gasteiger partial charge in [-0.05, 0) is 43.2 Å². The third-order valence-electron chi connectivity index (χ3n) is 3.81. The summed E-state index contributed by atoms with van der Waals surface area (Å²) in [6.07, 6.45) is 2.40. The van der Waals surface area contributed by atoms with E-state index in [0.717, 1.165) is 22.5 Å². The normalized spacial score (nSPS) is 10.8. The molecule has 0 atom stereocenters. The monoisotopic (exact) mass is 340 g/mol. The maximum absolute atomic E-state index is 10.9. The summed E-state index contributed by atoms with van der Waals surface area (Å²) >= 11 is 5.95. The van der Waals surface area contributed by atoms with Crippen molar-refractivity contribution in [3.05, 3.63) is 70.9 Å². The Hall–Kier alpha value is -2.59. The van der Waals surface area contributed by atoms with Crippen molar-refractivity contribution in [2.45, 2.75) is 19.8 Å². The summed E-state index contributed by atoms with van der Waals surface area (Å²) in [7, 11) is 0. The number of carboxylic acid groups (broad SMARTS) is 1. The second-order valence-corrected chi connectivity index (χ2v) is 6.12. The van der Waals surface area contributed by atoms with Gasteiger partial charge < -0.3 is 5.11 Å². The van der Waals surface area contributed by atoms with Crippen LogP contribution in [-0.4, -0.2) is 20.9 Å². The van der Waals surface area contributed by atoms with Crippen LogP contribution in [0.1, 0.15) is 17.5 Å². The summed E-state index contributed by atoms with van der Waals surface area (Å²) in [4.78, 5) is 10.9. The van der Waals surface area contributed by atoms with Gasteiger partial charge in [0.1, 0.15) is 0 Å². The summed E-state index contributed by atoms with van der Waals surface area (Å²) < 4.78 is 1.79. The molecule has 0 unspecified atom stereocenters. The number of benzene rings is 2. The van der Waals surface area contributed by atoms with Crippen LogP contribution >= 0.6 is 11.6 Å². The van der Waals surface area contributed by atoms with Crippen LogP contribution in [0.25, 0.3) is 16.9 Å². The van der Waals surface area contributed by atoms with Gasteiger partial charge in [-0.15, -0.1) is 0 Å². The standard InChI is InChI=1S/C19H17ClN2O2/c1-13-2-9-17(10-3-13)22-12-15(6-11-18(23)24)19(21-22)14-4-7-16(20)8-5-14/h2-5,7-10,12H,6,11H2,1H3,(H,23,24). The van der Waals surface area contributed by atoms with E-state index in [4.69, 9.17) is 16.7 Å². The molecular weight excluding hydrogens is 324 g/mol. The molecule has 24 heavy (non-hydrogen) atoms. The second kappa shape index (κ2) is 6.89. The predicted octanol–water partition coefficient (Wildman–Crippen LogP) is 4.52. The summed E-state index contributed by atoms with van der Waals surface area (Å²) in [5.41, 5.74) is 4.73. The highest BCUT2D eigenvalue weighted by Crippen LogP contribution is 2.26. The number of hydrogen-bond acceptors (Lipinski definition) is 2. The molecule has 0 saturated carbocycles. The molecule has 0 aliphatic carbocycles. The number of halogens is 1. The fourth-order valence-electron chi connectivity index (χ4n) is 2.51. The van der Waals surface area contributed by atoms with Gasteiger partial charge in [-0.3, -0.25) is 4.79 Å². The minimum atomic E-state index is -0.819. The molecule has 2 aromatic carbocycles. The molecule has 0 radical (unpaired) electrons. The lowest BCUT2D eigenvalue weighted by Crippen LogP contribution is -1.97. The number of carboxylic acids is 1. The highest BCUT2D eigenvalue weighted by Gasteiger charge is 2.13. The van der Waals surface area contributed by atoms with Crippen LogP contribution in [0.5, 0.6) is 0 Å². The smallest absolute Gasteiger partial charge is 0.303 e. The van der Waals surface area contributed by atoms with Crippen molar-refractivity contribution in [2.24, 2.45) is 0 Å². The van der Waals surface area contributed by atoms with Gasteiger partial charge in [0.05, 0.1) is 11.4 Å². The van der Waals surface area contributed by atoms with E-state index in [2.05, 4.69) is 5.10 Å². The van der Waals surface area contributed by atoms with Gasteiger partial charge in [-0.25, -0.2) is 4.68 Å². The summed E-state index contributed by atoms with van der Waals surface area (Å²) in [5, 5.41) is 14.3. The molecule has 3 aromatic rings. The minimum Gasteiger partial charge on any atom is -0.481 e. The molecule has 0 amide bonds. The lowest BCUT2D eigenvalue weighted by molar-refractivity contribution is -0.136. The van der Waals surface area contributed by atoms with E-state index in [0.29, 0.717) is 11.4 Å². The largest absolute Gasteiger partial charge is 0.481 e. The third-order valence-corrected chi connectivity index (χ3v) is 4.07. The first kappa shape index (κ1) is 16.3. The summed E-state index contributed by atoms with van der Waals surface area (Å²) in [6.45, 7) is 2.03. The van der Waals surface area contributed by atoms with Gasteiger partial charge in [0.15, 0.2) is 0 Å². The number of hydrogen-bond donors (Lipinski definition) is 1. The van der Waals surface area contributed by atoms with Gasteiger partial charge in [-0.1, -0.05) is 41.4 Å². The zero-order valence-corrected chi connectivity index (χ0v) is 14.0. The van der Waals surface area contributed by atoms with E-state index in [1.165, 1.54) is 5.56 Å². The van der Waals surface area contributed by atoms with E-state index in [1.54, 1.807) is 4.68 Å². The van der Waals surface area contributed by atoms with Crippen LogP contribution < -0.4 is 0 Å². The van der Waals surface area contributed by atoms with Crippen molar-refractivity contribution in [2.75, 3.05) is 0 Å². The Morgan fingerprint density at radius 2 is 1.79 bits per heavy atom. The highest BCUT2D eigenvalue weighted by atomic mass is 35.5. The zero-order chi connectivity index (χ0) is 17.1. The van der Waals surface area contributed by atoms with Crippen molar-refractivity contribution in [3.8, 4) is 16.9 Å². The number of aromatic nitrogens is 2. The van der Waals surface area contributed by atoms with E-state index >= 15 is 0 Å². The Morgan fingerprint density at radius 3 is 2.42 bits per heavy atom. The van der Waals surface area contributed by atoms with E-state index in [9.17, 15) is 4.79 Å².